The molecule has 110 valence electrons. The standard InChI is InChI=1S/C15H18N4O2/c1-19-9-5-6-12(19)10-17-18-15(20)11-16-13-7-3-4-8-14(13)21-2/h3-10,16H,11H2,1-2H3,(H,18,20)/b17-10-. The molecule has 2 aromatic rings. The van der Waals surface area contributed by atoms with Gasteiger partial charge in [0.25, 0.3) is 5.91 Å². The van der Waals surface area contributed by atoms with Gasteiger partial charge in [-0.25, -0.2) is 5.43 Å². The number of carbonyl (C=O) groups is 1. The molecule has 1 aromatic heterocycles. The lowest BCUT2D eigenvalue weighted by Crippen LogP contribution is -2.26. The van der Waals surface area contributed by atoms with Crippen molar-refractivity contribution in [1.82, 2.24) is 9.99 Å². The highest BCUT2D eigenvalue weighted by Gasteiger charge is 2.03. The van der Waals surface area contributed by atoms with Crippen LogP contribution in [0.3, 0.4) is 0 Å². The van der Waals surface area contributed by atoms with E-state index in [-0.39, 0.29) is 12.5 Å². The smallest absolute Gasteiger partial charge is 0.259 e. The van der Waals surface area contributed by atoms with Crippen molar-refractivity contribution in [2.45, 2.75) is 0 Å². The number of benzene rings is 1. The van der Waals surface area contributed by atoms with Crippen molar-refractivity contribution in [3.63, 3.8) is 0 Å². The lowest BCUT2D eigenvalue weighted by Gasteiger charge is -2.09. The molecule has 0 fully saturated rings. The van der Waals surface area contributed by atoms with E-state index >= 15 is 0 Å². The number of hydrazone groups is 1. The monoisotopic (exact) mass is 286 g/mol. The summed E-state index contributed by atoms with van der Waals surface area (Å²) in [5, 5.41) is 6.92. The van der Waals surface area contributed by atoms with Gasteiger partial charge in [0.05, 0.1) is 31.3 Å². The summed E-state index contributed by atoms with van der Waals surface area (Å²) in [5.74, 6) is 0.462. The molecule has 0 bridgehead atoms. The molecule has 1 heterocycles. The zero-order valence-electron chi connectivity index (χ0n) is 12.0. The Morgan fingerprint density at radius 3 is 2.86 bits per heavy atom. The van der Waals surface area contributed by atoms with E-state index < -0.39 is 0 Å². The van der Waals surface area contributed by atoms with Crippen LogP contribution in [0.2, 0.25) is 0 Å². The number of ether oxygens (including phenoxy) is 1. The molecule has 0 atom stereocenters. The normalized spacial score (nSPS) is 10.6. The van der Waals surface area contributed by atoms with Gasteiger partial charge in [0.15, 0.2) is 0 Å². The average Bonchev–Trinajstić information content (AvgIpc) is 2.91. The Hall–Kier alpha value is -2.76. The number of rotatable bonds is 6. The van der Waals surface area contributed by atoms with E-state index in [4.69, 9.17) is 4.74 Å². The molecule has 0 aliphatic rings. The lowest BCUT2D eigenvalue weighted by atomic mass is 10.3. The minimum atomic E-state index is -0.230. The van der Waals surface area contributed by atoms with Crippen LogP contribution in [0.1, 0.15) is 5.69 Å². The molecule has 0 unspecified atom stereocenters. The fraction of sp³-hybridized carbons (Fsp3) is 0.200. The third kappa shape index (κ3) is 4.10. The minimum Gasteiger partial charge on any atom is -0.495 e. The number of amides is 1. The Bertz CT molecular complexity index is 634. The first kappa shape index (κ1) is 14.6. The van der Waals surface area contributed by atoms with E-state index in [1.807, 2.05) is 54.2 Å². The quantitative estimate of drug-likeness (QED) is 0.626. The topological polar surface area (TPSA) is 67.7 Å². The van der Waals surface area contributed by atoms with Crippen molar-refractivity contribution >= 4 is 17.8 Å². The van der Waals surface area contributed by atoms with E-state index in [1.165, 1.54) is 0 Å². The van der Waals surface area contributed by atoms with E-state index in [0.717, 1.165) is 11.4 Å². The highest BCUT2D eigenvalue weighted by molar-refractivity contribution is 5.83. The summed E-state index contributed by atoms with van der Waals surface area (Å²) in [6.45, 7) is 0.116. The Morgan fingerprint density at radius 1 is 1.33 bits per heavy atom. The Kier molecular flexibility index (Phi) is 4.98. The first-order valence-electron chi connectivity index (χ1n) is 6.51. The number of aryl methyl sites for hydroxylation is 1. The molecule has 1 amide bonds. The van der Waals surface area contributed by atoms with Gasteiger partial charge in [-0.3, -0.25) is 4.79 Å². The van der Waals surface area contributed by atoms with E-state index in [0.29, 0.717) is 5.75 Å². The zero-order chi connectivity index (χ0) is 15.1. The second-order valence-corrected chi connectivity index (χ2v) is 4.39. The predicted molar refractivity (Wildman–Crippen MR) is 82.6 cm³/mol. The molecular weight excluding hydrogens is 268 g/mol. The van der Waals surface area contributed by atoms with Gasteiger partial charge in [0, 0.05) is 13.2 Å². The van der Waals surface area contributed by atoms with Crippen LogP contribution in [0.4, 0.5) is 5.69 Å². The largest absolute Gasteiger partial charge is 0.495 e. The van der Waals surface area contributed by atoms with Gasteiger partial charge in [0.2, 0.25) is 0 Å². The van der Waals surface area contributed by atoms with Crippen molar-refractivity contribution in [2.24, 2.45) is 12.1 Å². The van der Waals surface area contributed by atoms with Crippen LogP contribution in [0.25, 0.3) is 0 Å². The number of hydrogen-bond donors (Lipinski definition) is 2. The second-order valence-electron chi connectivity index (χ2n) is 4.39. The van der Waals surface area contributed by atoms with Crippen LogP contribution in [-0.4, -0.2) is 30.3 Å². The first-order chi connectivity index (χ1) is 10.2. The fourth-order valence-electron chi connectivity index (χ4n) is 1.78. The summed E-state index contributed by atoms with van der Waals surface area (Å²) in [5.41, 5.74) is 4.15. The van der Waals surface area contributed by atoms with Gasteiger partial charge in [-0.1, -0.05) is 12.1 Å². The molecule has 6 heteroatoms. The molecular formula is C15H18N4O2. The molecule has 0 saturated heterocycles. The van der Waals surface area contributed by atoms with Gasteiger partial charge in [-0.05, 0) is 24.3 Å². The molecule has 0 saturated carbocycles. The summed E-state index contributed by atoms with van der Waals surface area (Å²) < 4.78 is 7.10. The van der Waals surface area contributed by atoms with Crippen LogP contribution >= 0.6 is 0 Å². The lowest BCUT2D eigenvalue weighted by molar-refractivity contribution is -0.119. The average molecular weight is 286 g/mol. The molecule has 6 nitrogen and oxygen atoms in total. The van der Waals surface area contributed by atoms with Crippen molar-refractivity contribution in [3.05, 3.63) is 48.3 Å². The Balaban J connectivity index is 1.82. The molecule has 0 spiro atoms. The summed E-state index contributed by atoms with van der Waals surface area (Å²) in [6, 6.07) is 11.2. The first-order valence-corrected chi connectivity index (χ1v) is 6.51. The van der Waals surface area contributed by atoms with E-state index in [2.05, 4.69) is 15.8 Å². The van der Waals surface area contributed by atoms with E-state index in [1.54, 1.807) is 13.3 Å². The third-order valence-corrected chi connectivity index (χ3v) is 2.92. The van der Waals surface area contributed by atoms with Gasteiger partial charge < -0.3 is 14.6 Å². The van der Waals surface area contributed by atoms with Gasteiger partial charge in [-0.2, -0.15) is 5.10 Å². The maximum atomic E-state index is 11.7. The minimum absolute atomic E-state index is 0.116. The maximum Gasteiger partial charge on any atom is 0.259 e. The molecule has 21 heavy (non-hydrogen) atoms. The molecule has 0 aliphatic carbocycles. The summed E-state index contributed by atoms with van der Waals surface area (Å²) in [4.78, 5) is 11.7. The molecule has 2 N–H and O–H groups in total. The number of hydrogen-bond acceptors (Lipinski definition) is 4. The molecule has 0 aliphatic heterocycles. The predicted octanol–water partition coefficient (Wildman–Crippen LogP) is 1.60. The van der Waals surface area contributed by atoms with Crippen molar-refractivity contribution in [3.8, 4) is 5.75 Å². The molecule has 2 rings (SSSR count). The number of nitrogens with one attached hydrogen (secondary N) is 2. The fourth-order valence-corrected chi connectivity index (χ4v) is 1.78. The summed E-state index contributed by atoms with van der Waals surface area (Å²) in [6.07, 6.45) is 3.51. The van der Waals surface area contributed by atoms with Crippen LogP contribution in [0.5, 0.6) is 5.75 Å². The number of carbonyl (C=O) groups excluding carboxylic acids is 1. The van der Waals surface area contributed by atoms with Gasteiger partial charge in [-0.15, -0.1) is 0 Å². The van der Waals surface area contributed by atoms with Crippen LogP contribution in [0, 0.1) is 0 Å². The van der Waals surface area contributed by atoms with Gasteiger partial charge in [0.1, 0.15) is 5.75 Å². The SMILES string of the molecule is COc1ccccc1NCC(=O)N/N=C\c1cccn1C. The van der Waals surface area contributed by atoms with Crippen LogP contribution in [-0.2, 0) is 11.8 Å². The van der Waals surface area contributed by atoms with Gasteiger partial charge >= 0.3 is 0 Å². The number of nitrogens with zero attached hydrogens (tertiary/aromatic N) is 2. The van der Waals surface area contributed by atoms with Crippen molar-refractivity contribution in [1.29, 1.82) is 0 Å². The second kappa shape index (κ2) is 7.14. The Morgan fingerprint density at radius 2 is 2.14 bits per heavy atom. The number of para-hydroxylation sites is 2. The highest BCUT2D eigenvalue weighted by Crippen LogP contribution is 2.22. The summed E-state index contributed by atoms with van der Waals surface area (Å²) in [7, 11) is 3.50. The van der Waals surface area contributed by atoms with E-state index in [9.17, 15) is 4.79 Å². The van der Waals surface area contributed by atoms with Crippen molar-refractivity contribution in [2.75, 3.05) is 19.0 Å². The zero-order valence-corrected chi connectivity index (χ0v) is 12.0. The number of methoxy groups -OCH3 is 1. The maximum absolute atomic E-state index is 11.7. The summed E-state index contributed by atoms with van der Waals surface area (Å²) >= 11 is 0. The van der Waals surface area contributed by atoms with Crippen LogP contribution < -0.4 is 15.5 Å². The van der Waals surface area contributed by atoms with Crippen molar-refractivity contribution < 1.29 is 9.53 Å². The third-order valence-electron chi connectivity index (χ3n) is 2.92. The van der Waals surface area contributed by atoms with Crippen LogP contribution in [0.15, 0.2) is 47.7 Å². The number of aromatic nitrogens is 1. The number of anilines is 1. The highest BCUT2D eigenvalue weighted by atomic mass is 16.5. The molecule has 0 radical (unpaired) electrons. The Labute approximate surface area is 123 Å². The molecule has 1 aromatic carbocycles.